The zero-order valence-corrected chi connectivity index (χ0v) is 26.8. The predicted molar refractivity (Wildman–Crippen MR) is 173 cm³/mol. The second kappa shape index (κ2) is 27.9. The Hall–Kier alpha value is -0.660. The Kier molecular flexibility index (Phi) is 26.0. The molecule has 1 heterocycles. The zero-order valence-electron chi connectivity index (χ0n) is 26.8. The number of hydrogen-bond donors (Lipinski definition) is 0. The highest BCUT2D eigenvalue weighted by atomic mass is 15.4. The second-order valence-corrected chi connectivity index (χ2v) is 12.5. The standard InChI is InChI=1S/C36H72N2/c1-4-7-10-13-15-16-17-18-19-20-21-22-23-24-25-26-28-31-36-37(32-29-12-9-6-3)34-35-38(36)33-30-27-14-11-8-5-2/h34-36H,4-33H2,1-3H3. The summed E-state index contributed by atoms with van der Waals surface area (Å²) in [7, 11) is 0. The van der Waals surface area contributed by atoms with Crippen molar-refractivity contribution >= 4 is 0 Å². The van der Waals surface area contributed by atoms with E-state index >= 15 is 0 Å². The molecule has 0 aromatic carbocycles. The zero-order chi connectivity index (χ0) is 27.4. The summed E-state index contributed by atoms with van der Waals surface area (Å²) in [6, 6.07) is 0. The summed E-state index contributed by atoms with van der Waals surface area (Å²) in [6.45, 7) is 9.46. The van der Waals surface area contributed by atoms with Crippen LogP contribution in [0.25, 0.3) is 0 Å². The van der Waals surface area contributed by atoms with E-state index in [4.69, 9.17) is 0 Å². The summed E-state index contributed by atoms with van der Waals surface area (Å²) >= 11 is 0. The number of unbranched alkanes of at least 4 members (excludes halogenated alkanes) is 24. The second-order valence-electron chi connectivity index (χ2n) is 12.5. The molecular formula is C36H72N2. The Balaban J connectivity index is 2.06. The molecule has 0 aromatic heterocycles. The Bertz CT molecular complexity index is 488. The SMILES string of the molecule is CCCCCCCCCCCCCCCCCCCC1N(CCCCCC)C=CN1CCCCCCCC. The van der Waals surface area contributed by atoms with Gasteiger partial charge in [0.1, 0.15) is 6.17 Å². The van der Waals surface area contributed by atoms with Gasteiger partial charge in [0.05, 0.1) is 0 Å². The van der Waals surface area contributed by atoms with E-state index in [1.807, 2.05) is 0 Å². The van der Waals surface area contributed by atoms with E-state index in [0.717, 1.165) is 0 Å². The Morgan fingerprint density at radius 1 is 0.342 bits per heavy atom. The lowest BCUT2D eigenvalue weighted by atomic mass is 10.0. The third-order valence-electron chi connectivity index (χ3n) is 8.82. The van der Waals surface area contributed by atoms with Crippen molar-refractivity contribution in [3.8, 4) is 0 Å². The molecule has 1 rings (SSSR count). The minimum atomic E-state index is 0.642. The van der Waals surface area contributed by atoms with Gasteiger partial charge < -0.3 is 9.80 Å². The molecule has 0 saturated carbocycles. The van der Waals surface area contributed by atoms with Crippen molar-refractivity contribution in [1.82, 2.24) is 9.80 Å². The van der Waals surface area contributed by atoms with Gasteiger partial charge in [0.15, 0.2) is 0 Å². The van der Waals surface area contributed by atoms with Gasteiger partial charge in [-0.05, 0) is 25.7 Å². The number of nitrogens with zero attached hydrogens (tertiary/aromatic N) is 2. The van der Waals surface area contributed by atoms with Crippen molar-refractivity contribution in [3.05, 3.63) is 12.4 Å². The summed E-state index contributed by atoms with van der Waals surface area (Å²) in [5.41, 5.74) is 0. The van der Waals surface area contributed by atoms with Crippen molar-refractivity contribution < 1.29 is 0 Å². The molecule has 0 fully saturated rings. The van der Waals surface area contributed by atoms with E-state index in [1.165, 1.54) is 193 Å². The molecule has 0 aromatic rings. The first-order valence-electron chi connectivity index (χ1n) is 18.0. The molecule has 1 unspecified atom stereocenters. The molecule has 0 saturated heterocycles. The Morgan fingerprint density at radius 3 is 0.947 bits per heavy atom. The maximum absolute atomic E-state index is 2.69. The van der Waals surface area contributed by atoms with Crippen LogP contribution in [0.15, 0.2) is 12.4 Å². The highest BCUT2D eigenvalue weighted by Gasteiger charge is 2.24. The summed E-state index contributed by atoms with van der Waals surface area (Å²) in [5, 5.41) is 0. The van der Waals surface area contributed by atoms with Crippen molar-refractivity contribution in [2.75, 3.05) is 13.1 Å². The molecule has 0 bridgehead atoms. The summed E-state index contributed by atoms with van der Waals surface area (Å²) < 4.78 is 0. The lowest BCUT2D eigenvalue weighted by Crippen LogP contribution is -2.39. The first kappa shape index (κ1) is 35.4. The first-order chi connectivity index (χ1) is 18.8. The first-order valence-corrected chi connectivity index (χ1v) is 18.0. The van der Waals surface area contributed by atoms with Gasteiger partial charge in [0, 0.05) is 25.5 Å². The number of hydrogen-bond acceptors (Lipinski definition) is 2. The molecule has 0 N–H and O–H groups in total. The van der Waals surface area contributed by atoms with Gasteiger partial charge in [-0.1, -0.05) is 175 Å². The molecule has 0 radical (unpaired) electrons. The largest absolute Gasteiger partial charge is 0.356 e. The summed E-state index contributed by atoms with van der Waals surface area (Å²) in [6.07, 6.45) is 45.5. The van der Waals surface area contributed by atoms with Crippen LogP contribution in [0.2, 0.25) is 0 Å². The molecule has 2 heteroatoms. The molecule has 226 valence electrons. The minimum Gasteiger partial charge on any atom is -0.356 e. The number of rotatable bonds is 30. The van der Waals surface area contributed by atoms with Gasteiger partial charge in [-0.15, -0.1) is 0 Å². The topological polar surface area (TPSA) is 6.48 Å². The van der Waals surface area contributed by atoms with E-state index in [-0.39, 0.29) is 0 Å². The van der Waals surface area contributed by atoms with Crippen LogP contribution in [-0.4, -0.2) is 29.1 Å². The molecule has 0 aliphatic carbocycles. The molecule has 1 aliphatic rings. The third kappa shape index (κ3) is 20.3. The molecular weight excluding hydrogens is 460 g/mol. The van der Waals surface area contributed by atoms with Gasteiger partial charge in [-0.3, -0.25) is 0 Å². The molecule has 1 atom stereocenters. The molecule has 0 spiro atoms. The van der Waals surface area contributed by atoms with Crippen LogP contribution in [0.4, 0.5) is 0 Å². The Labute approximate surface area is 241 Å². The summed E-state index contributed by atoms with van der Waals surface area (Å²) in [5.74, 6) is 0. The van der Waals surface area contributed by atoms with Crippen LogP contribution in [-0.2, 0) is 0 Å². The maximum atomic E-state index is 2.69. The van der Waals surface area contributed by atoms with Crippen LogP contribution in [0.3, 0.4) is 0 Å². The normalized spacial score (nSPS) is 15.3. The lowest BCUT2D eigenvalue weighted by molar-refractivity contribution is 0.135. The fourth-order valence-electron chi connectivity index (χ4n) is 6.19. The molecule has 38 heavy (non-hydrogen) atoms. The van der Waals surface area contributed by atoms with Gasteiger partial charge in [0.25, 0.3) is 0 Å². The van der Waals surface area contributed by atoms with E-state index < -0.39 is 0 Å². The molecule has 2 nitrogen and oxygen atoms in total. The fourth-order valence-corrected chi connectivity index (χ4v) is 6.19. The molecule has 1 aliphatic heterocycles. The van der Waals surface area contributed by atoms with E-state index in [9.17, 15) is 0 Å². The summed E-state index contributed by atoms with van der Waals surface area (Å²) in [4.78, 5) is 5.37. The van der Waals surface area contributed by atoms with Gasteiger partial charge >= 0.3 is 0 Å². The third-order valence-corrected chi connectivity index (χ3v) is 8.82. The van der Waals surface area contributed by atoms with E-state index in [1.54, 1.807) is 0 Å². The highest BCUT2D eigenvalue weighted by molar-refractivity contribution is 4.97. The lowest BCUT2D eigenvalue weighted by Gasteiger charge is -2.33. The van der Waals surface area contributed by atoms with Crippen LogP contribution < -0.4 is 0 Å². The quantitative estimate of drug-likeness (QED) is 0.0848. The van der Waals surface area contributed by atoms with Gasteiger partial charge in [-0.25, -0.2) is 0 Å². The monoisotopic (exact) mass is 533 g/mol. The van der Waals surface area contributed by atoms with Crippen molar-refractivity contribution in [2.24, 2.45) is 0 Å². The van der Waals surface area contributed by atoms with Gasteiger partial charge in [-0.2, -0.15) is 0 Å². The van der Waals surface area contributed by atoms with E-state index in [2.05, 4.69) is 43.0 Å². The Morgan fingerprint density at radius 2 is 0.605 bits per heavy atom. The average molecular weight is 533 g/mol. The minimum absolute atomic E-state index is 0.642. The van der Waals surface area contributed by atoms with E-state index in [0.29, 0.717) is 6.17 Å². The molecule has 0 amide bonds. The smallest absolute Gasteiger partial charge is 0.101 e. The van der Waals surface area contributed by atoms with Crippen molar-refractivity contribution in [3.63, 3.8) is 0 Å². The fraction of sp³-hybridized carbons (Fsp3) is 0.944. The van der Waals surface area contributed by atoms with Gasteiger partial charge in [0.2, 0.25) is 0 Å². The van der Waals surface area contributed by atoms with Crippen LogP contribution in [0, 0.1) is 0 Å². The van der Waals surface area contributed by atoms with Crippen molar-refractivity contribution in [1.29, 1.82) is 0 Å². The van der Waals surface area contributed by atoms with Crippen LogP contribution >= 0.6 is 0 Å². The highest BCUT2D eigenvalue weighted by Crippen LogP contribution is 2.24. The average Bonchev–Trinajstić information content (AvgIpc) is 3.31. The van der Waals surface area contributed by atoms with Crippen LogP contribution in [0.5, 0.6) is 0 Å². The van der Waals surface area contributed by atoms with Crippen LogP contribution in [0.1, 0.15) is 201 Å². The maximum Gasteiger partial charge on any atom is 0.101 e. The predicted octanol–water partition coefficient (Wildman–Crippen LogP) is 12.4. The van der Waals surface area contributed by atoms with Crippen molar-refractivity contribution in [2.45, 2.75) is 207 Å².